The van der Waals surface area contributed by atoms with Crippen molar-refractivity contribution >= 4 is 0 Å². The lowest BCUT2D eigenvalue weighted by molar-refractivity contribution is 0.561. The van der Waals surface area contributed by atoms with Crippen LogP contribution in [-0.2, 0) is 5.41 Å². The fraction of sp³-hybridized carbons (Fsp3) is 0.130. The molecule has 4 rings (SSSR count). The molecule has 0 aliphatic carbocycles. The van der Waals surface area contributed by atoms with Crippen molar-refractivity contribution in [2.24, 2.45) is 0 Å². The number of hydrogen-bond donors (Lipinski definition) is 0. The van der Waals surface area contributed by atoms with E-state index < -0.39 is 28.9 Å². The normalized spacial score (nSPS) is 11.5. The molecule has 4 aromatic heterocycles. The molecule has 156 valence electrons. The molecule has 0 N–H and O–H groups in total. The van der Waals surface area contributed by atoms with E-state index in [4.69, 9.17) is 0 Å². The number of hydrogen-bond acceptors (Lipinski definition) is 4. The Labute approximate surface area is 175 Å². The summed E-state index contributed by atoms with van der Waals surface area (Å²) >= 11 is 0. The topological polar surface area (TPSA) is 51.6 Å². The molecule has 0 radical (unpaired) electrons. The van der Waals surface area contributed by atoms with Crippen molar-refractivity contribution < 1.29 is 17.6 Å². The number of pyridine rings is 4. The smallest absolute Gasteiger partial charge is 0.222 e. The van der Waals surface area contributed by atoms with Gasteiger partial charge in [-0.15, -0.1) is 0 Å². The van der Waals surface area contributed by atoms with Crippen molar-refractivity contribution in [3.05, 3.63) is 95.8 Å². The predicted octanol–water partition coefficient (Wildman–Crippen LogP) is 5.48. The zero-order valence-corrected chi connectivity index (χ0v) is 16.6. The lowest BCUT2D eigenvalue weighted by atomic mass is 9.84. The first kappa shape index (κ1) is 20.6. The van der Waals surface area contributed by atoms with Crippen LogP contribution >= 0.6 is 0 Å². The summed E-state index contributed by atoms with van der Waals surface area (Å²) in [7, 11) is 0. The van der Waals surface area contributed by atoms with Gasteiger partial charge in [0, 0.05) is 5.41 Å². The van der Waals surface area contributed by atoms with Gasteiger partial charge in [0.25, 0.3) is 0 Å². The van der Waals surface area contributed by atoms with Gasteiger partial charge in [-0.25, -0.2) is 18.7 Å². The quantitative estimate of drug-likeness (QED) is 0.321. The summed E-state index contributed by atoms with van der Waals surface area (Å²) < 4.78 is 55.4. The van der Waals surface area contributed by atoms with Crippen LogP contribution in [0, 0.1) is 23.5 Å². The van der Waals surface area contributed by atoms with E-state index in [2.05, 4.69) is 19.9 Å². The molecule has 4 heterocycles. The molecule has 0 amide bonds. The number of aromatic nitrogens is 4. The highest BCUT2D eigenvalue weighted by molar-refractivity contribution is 5.60. The molecule has 0 bridgehead atoms. The second-order valence-corrected chi connectivity index (χ2v) is 7.42. The van der Waals surface area contributed by atoms with E-state index in [1.54, 1.807) is 36.4 Å². The Hall–Kier alpha value is -3.68. The summed E-state index contributed by atoms with van der Waals surface area (Å²) in [6.07, 6.45) is 1.59. The molecular weight excluding hydrogens is 408 g/mol. The van der Waals surface area contributed by atoms with Gasteiger partial charge in [0.05, 0.1) is 46.3 Å². The molecule has 8 heteroatoms. The maximum Gasteiger partial charge on any atom is 0.222 e. The monoisotopic (exact) mass is 424 g/mol. The molecule has 0 aliphatic heterocycles. The van der Waals surface area contributed by atoms with Gasteiger partial charge in [-0.05, 0) is 50.2 Å². The van der Waals surface area contributed by atoms with Gasteiger partial charge in [0.15, 0.2) is 0 Å². The van der Waals surface area contributed by atoms with E-state index in [0.717, 1.165) is 24.5 Å². The van der Waals surface area contributed by atoms with Crippen LogP contribution in [0.5, 0.6) is 0 Å². The largest absolute Gasteiger partial charge is 0.252 e. The highest BCUT2D eigenvalue weighted by atomic mass is 19.1. The Morgan fingerprint density at radius 1 is 0.645 bits per heavy atom. The SMILES string of the molecule is CC(C)(c1cccc(-c2cc(F)cnc2F)n1)c1cccc(-c2cc(F)cnc2F)n1. The standard InChI is InChI=1S/C23H16F4N4/c1-23(2,19-7-3-5-17(30-19)15-9-13(24)11-28-21(15)26)20-8-4-6-18(31-20)16-10-14(25)12-29-22(16)27/h3-12H,1-2H3. The molecule has 0 saturated carbocycles. The number of rotatable bonds is 4. The summed E-state index contributed by atoms with van der Waals surface area (Å²) in [5, 5.41) is 0. The van der Waals surface area contributed by atoms with Crippen LogP contribution in [0.3, 0.4) is 0 Å². The number of nitrogens with zero attached hydrogens (tertiary/aromatic N) is 4. The van der Waals surface area contributed by atoms with Crippen molar-refractivity contribution in [3.8, 4) is 22.5 Å². The Morgan fingerprint density at radius 2 is 1.06 bits per heavy atom. The second-order valence-electron chi connectivity index (χ2n) is 7.42. The van der Waals surface area contributed by atoms with Gasteiger partial charge < -0.3 is 0 Å². The summed E-state index contributed by atoms with van der Waals surface area (Å²) in [5.41, 5.74) is 0.561. The summed E-state index contributed by atoms with van der Waals surface area (Å²) in [6, 6.07) is 12.0. The van der Waals surface area contributed by atoms with Crippen LogP contribution in [0.4, 0.5) is 17.6 Å². The van der Waals surface area contributed by atoms with Crippen molar-refractivity contribution in [2.75, 3.05) is 0 Å². The molecule has 0 saturated heterocycles. The van der Waals surface area contributed by atoms with Crippen molar-refractivity contribution in [1.29, 1.82) is 0 Å². The summed E-state index contributed by atoms with van der Waals surface area (Å²) in [4.78, 5) is 15.8. The van der Waals surface area contributed by atoms with Gasteiger partial charge in [-0.2, -0.15) is 8.78 Å². The first-order valence-electron chi connectivity index (χ1n) is 9.33. The first-order chi connectivity index (χ1) is 14.8. The van der Waals surface area contributed by atoms with E-state index >= 15 is 0 Å². The van der Waals surface area contributed by atoms with Crippen LogP contribution in [0.1, 0.15) is 25.2 Å². The third kappa shape index (κ3) is 4.01. The van der Waals surface area contributed by atoms with Crippen molar-refractivity contribution in [2.45, 2.75) is 19.3 Å². The molecule has 0 spiro atoms. The van der Waals surface area contributed by atoms with Crippen LogP contribution in [0.2, 0.25) is 0 Å². The van der Waals surface area contributed by atoms with Crippen molar-refractivity contribution in [3.63, 3.8) is 0 Å². The molecule has 0 aromatic carbocycles. The van der Waals surface area contributed by atoms with E-state index in [-0.39, 0.29) is 22.5 Å². The van der Waals surface area contributed by atoms with E-state index in [1.807, 2.05) is 13.8 Å². The lowest BCUT2D eigenvalue weighted by Gasteiger charge is -2.24. The van der Waals surface area contributed by atoms with Crippen molar-refractivity contribution in [1.82, 2.24) is 19.9 Å². The lowest BCUT2D eigenvalue weighted by Crippen LogP contribution is -2.22. The predicted molar refractivity (Wildman–Crippen MR) is 107 cm³/mol. The minimum Gasteiger partial charge on any atom is -0.252 e. The van der Waals surface area contributed by atoms with Crippen LogP contribution < -0.4 is 0 Å². The van der Waals surface area contributed by atoms with Crippen LogP contribution in [0.25, 0.3) is 22.5 Å². The minimum absolute atomic E-state index is 0.0627. The molecule has 0 unspecified atom stereocenters. The highest BCUT2D eigenvalue weighted by Crippen LogP contribution is 2.32. The third-order valence-electron chi connectivity index (χ3n) is 4.94. The number of halogens is 4. The van der Waals surface area contributed by atoms with Gasteiger partial charge in [-0.1, -0.05) is 12.1 Å². The first-order valence-corrected chi connectivity index (χ1v) is 9.33. The zero-order valence-electron chi connectivity index (χ0n) is 16.6. The highest BCUT2D eigenvalue weighted by Gasteiger charge is 2.28. The Morgan fingerprint density at radius 3 is 1.48 bits per heavy atom. The maximum atomic E-state index is 14.1. The van der Waals surface area contributed by atoms with Gasteiger partial charge in [0.1, 0.15) is 11.6 Å². The third-order valence-corrected chi connectivity index (χ3v) is 4.94. The Kier molecular flexibility index (Phi) is 5.22. The fourth-order valence-corrected chi connectivity index (χ4v) is 3.20. The summed E-state index contributed by atoms with van der Waals surface area (Å²) in [5.74, 6) is -3.03. The Bertz CT molecular complexity index is 1180. The van der Waals surface area contributed by atoms with E-state index in [0.29, 0.717) is 11.4 Å². The van der Waals surface area contributed by atoms with E-state index in [1.165, 1.54) is 0 Å². The fourth-order valence-electron chi connectivity index (χ4n) is 3.20. The van der Waals surface area contributed by atoms with E-state index in [9.17, 15) is 17.6 Å². The van der Waals surface area contributed by atoms with Crippen LogP contribution in [0.15, 0.2) is 60.9 Å². The molecule has 0 aliphatic rings. The molecule has 4 aromatic rings. The van der Waals surface area contributed by atoms with Crippen LogP contribution in [-0.4, -0.2) is 19.9 Å². The zero-order chi connectivity index (χ0) is 22.2. The molecular formula is C23H16F4N4. The molecule has 4 nitrogen and oxygen atoms in total. The van der Waals surface area contributed by atoms with Gasteiger partial charge >= 0.3 is 0 Å². The minimum atomic E-state index is -0.835. The maximum absolute atomic E-state index is 14.1. The molecule has 0 fully saturated rings. The average molecular weight is 424 g/mol. The Balaban J connectivity index is 1.77. The second kappa shape index (κ2) is 7.86. The van der Waals surface area contributed by atoms with Gasteiger partial charge in [0.2, 0.25) is 11.9 Å². The van der Waals surface area contributed by atoms with Gasteiger partial charge in [-0.3, -0.25) is 9.97 Å². The average Bonchev–Trinajstić information content (AvgIpc) is 2.77. The molecule has 0 atom stereocenters. The molecule has 31 heavy (non-hydrogen) atoms. The summed E-state index contributed by atoms with van der Waals surface area (Å²) in [6.45, 7) is 3.68.